The van der Waals surface area contributed by atoms with Gasteiger partial charge in [0.15, 0.2) is 5.17 Å². The standard InChI is InChI=1S/C13H13N2O2S/c1-3-9-8-14-13(18-9)15-12(16)10-6-4-5-7-11(10)17-2/h4-8H,3H2,1-2H3. The number of carbonyl (C=O) groups excluding carboxylic acids is 1. The number of thioether (sulfide) groups is 1. The van der Waals surface area contributed by atoms with Crippen LogP contribution in [0.3, 0.4) is 0 Å². The predicted molar refractivity (Wildman–Crippen MR) is 72.9 cm³/mol. The van der Waals surface area contributed by atoms with Crippen molar-refractivity contribution in [3.05, 3.63) is 40.9 Å². The number of methoxy groups -OCH3 is 1. The van der Waals surface area contributed by atoms with Crippen LogP contribution in [0.4, 0.5) is 0 Å². The lowest BCUT2D eigenvalue weighted by molar-refractivity contribution is 0.1000. The first-order valence-corrected chi connectivity index (χ1v) is 6.40. The third kappa shape index (κ3) is 2.73. The van der Waals surface area contributed by atoms with E-state index in [0.29, 0.717) is 16.5 Å². The van der Waals surface area contributed by atoms with Gasteiger partial charge in [0.05, 0.1) is 12.7 Å². The van der Waals surface area contributed by atoms with Crippen molar-refractivity contribution in [3.63, 3.8) is 0 Å². The highest BCUT2D eigenvalue weighted by Crippen LogP contribution is 2.26. The first-order chi connectivity index (χ1) is 8.74. The van der Waals surface area contributed by atoms with Gasteiger partial charge in [0, 0.05) is 11.1 Å². The van der Waals surface area contributed by atoms with Crippen LogP contribution in [0.1, 0.15) is 23.7 Å². The highest BCUT2D eigenvalue weighted by molar-refractivity contribution is 8.17. The Kier molecular flexibility index (Phi) is 4.04. The molecule has 0 aromatic heterocycles. The van der Waals surface area contributed by atoms with Crippen molar-refractivity contribution < 1.29 is 9.53 Å². The van der Waals surface area contributed by atoms with Crippen molar-refractivity contribution in [2.75, 3.05) is 7.11 Å². The summed E-state index contributed by atoms with van der Waals surface area (Å²) in [6.07, 6.45) is 2.65. The fraction of sp³-hybridized carbons (Fsp3) is 0.231. The van der Waals surface area contributed by atoms with E-state index in [0.717, 1.165) is 11.3 Å². The molecule has 0 unspecified atom stereocenters. The van der Waals surface area contributed by atoms with E-state index in [9.17, 15) is 4.79 Å². The van der Waals surface area contributed by atoms with Crippen LogP contribution in [0.25, 0.3) is 0 Å². The van der Waals surface area contributed by atoms with E-state index in [-0.39, 0.29) is 5.91 Å². The number of amides is 1. The maximum absolute atomic E-state index is 12.0. The molecular formula is C13H13N2O2S. The number of carbonyl (C=O) groups is 1. The summed E-state index contributed by atoms with van der Waals surface area (Å²) in [6.45, 7) is 2.04. The molecule has 0 fully saturated rings. The average molecular weight is 261 g/mol. The Balaban J connectivity index is 2.16. The summed E-state index contributed by atoms with van der Waals surface area (Å²) >= 11 is 1.43. The number of rotatable bonds is 3. The smallest absolute Gasteiger partial charge is 0.283 e. The van der Waals surface area contributed by atoms with Gasteiger partial charge in [0.2, 0.25) is 0 Å². The fourth-order valence-corrected chi connectivity index (χ4v) is 2.20. The summed E-state index contributed by atoms with van der Waals surface area (Å²) in [6, 6.07) is 7.03. The summed E-state index contributed by atoms with van der Waals surface area (Å²) in [7, 11) is 1.53. The van der Waals surface area contributed by atoms with Crippen LogP contribution in [0.5, 0.6) is 5.75 Å². The van der Waals surface area contributed by atoms with Gasteiger partial charge in [0.1, 0.15) is 5.75 Å². The molecule has 0 spiro atoms. The minimum atomic E-state index is -0.329. The molecule has 0 saturated heterocycles. The third-order valence-corrected chi connectivity index (χ3v) is 3.46. The molecule has 18 heavy (non-hydrogen) atoms. The zero-order valence-electron chi connectivity index (χ0n) is 10.2. The molecule has 0 saturated carbocycles. The lowest BCUT2D eigenvalue weighted by Gasteiger charge is -2.04. The molecule has 93 valence electrons. The number of allylic oxidation sites excluding steroid dienone is 1. The van der Waals surface area contributed by atoms with Gasteiger partial charge >= 0.3 is 0 Å². The fourth-order valence-electron chi connectivity index (χ4n) is 1.48. The molecule has 0 aliphatic carbocycles. The predicted octanol–water partition coefficient (Wildman–Crippen LogP) is 2.79. The van der Waals surface area contributed by atoms with Crippen LogP contribution in [0, 0.1) is 0 Å². The first-order valence-electron chi connectivity index (χ1n) is 5.58. The van der Waals surface area contributed by atoms with Crippen molar-refractivity contribution in [2.45, 2.75) is 13.3 Å². The molecule has 1 aromatic carbocycles. The maximum atomic E-state index is 12.0. The number of amidine groups is 1. The largest absolute Gasteiger partial charge is 0.496 e. The van der Waals surface area contributed by atoms with Crippen molar-refractivity contribution in [1.82, 2.24) is 5.32 Å². The first kappa shape index (κ1) is 12.7. The summed E-state index contributed by atoms with van der Waals surface area (Å²) in [5.74, 6) is 0.197. The average Bonchev–Trinajstić information content (AvgIpc) is 2.86. The Hall–Kier alpha value is -1.75. The van der Waals surface area contributed by atoms with E-state index in [2.05, 4.69) is 10.3 Å². The van der Waals surface area contributed by atoms with Gasteiger partial charge in [-0.15, -0.1) is 0 Å². The van der Waals surface area contributed by atoms with Crippen molar-refractivity contribution >= 4 is 22.8 Å². The minimum Gasteiger partial charge on any atom is -0.496 e. The summed E-state index contributed by atoms with van der Waals surface area (Å²) in [5, 5.41) is 4.59. The van der Waals surface area contributed by atoms with Crippen LogP contribution in [-0.2, 0) is 0 Å². The Morgan fingerprint density at radius 1 is 1.44 bits per heavy atom. The molecular weight excluding hydrogens is 248 g/mol. The van der Waals surface area contributed by atoms with Gasteiger partial charge in [-0.1, -0.05) is 30.8 Å². The zero-order valence-corrected chi connectivity index (χ0v) is 11.0. The molecule has 1 radical (unpaired) electrons. The van der Waals surface area contributed by atoms with E-state index in [4.69, 9.17) is 4.74 Å². The molecule has 0 atom stereocenters. The quantitative estimate of drug-likeness (QED) is 0.840. The molecule has 1 amide bonds. The van der Waals surface area contributed by atoms with Crippen LogP contribution < -0.4 is 10.1 Å². The van der Waals surface area contributed by atoms with Crippen LogP contribution in [0.2, 0.25) is 0 Å². The van der Waals surface area contributed by atoms with Gasteiger partial charge in [0.25, 0.3) is 5.91 Å². The van der Waals surface area contributed by atoms with Gasteiger partial charge in [-0.2, -0.15) is 4.99 Å². The van der Waals surface area contributed by atoms with Gasteiger partial charge < -0.3 is 4.74 Å². The van der Waals surface area contributed by atoms with Crippen molar-refractivity contribution in [2.24, 2.45) is 4.99 Å². The van der Waals surface area contributed by atoms with E-state index < -0.39 is 0 Å². The normalized spacial score (nSPS) is 16.3. The van der Waals surface area contributed by atoms with Crippen LogP contribution in [-0.4, -0.2) is 18.2 Å². The van der Waals surface area contributed by atoms with E-state index in [1.165, 1.54) is 18.9 Å². The molecule has 5 heteroatoms. The van der Waals surface area contributed by atoms with Crippen molar-refractivity contribution in [1.29, 1.82) is 0 Å². The number of nitrogens with zero attached hydrogens (tertiary/aromatic N) is 2. The van der Waals surface area contributed by atoms with Gasteiger partial charge in [-0.05, 0) is 18.6 Å². The van der Waals surface area contributed by atoms with Crippen molar-refractivity contribution in [3.8, 4) is 5.75 Å². The molecule has 1 aliphatic rings. The molecule has 1 aromatic rings. The SMILES string of the molecule is CCC1=C[N]C(=NC(=O)c2ccccc2OC)S1. The molecule has 2 rings (SSSR count). The summed E-state index contributed by atoms with van der Waals surface area (Å²) in [4.78, 5) is 17.1. The molecule has 0 N–H and O–H groups in total. The Labute approximate surface area is 110 Å². The van der Waals surface area contributed by atoms with E-state index in [1.54, 1.807) is 24.4 Å². The Bertz CT molecular complexity index is 523. The van der Waals surface area contributed by atoms with Crippen LogP contribution in [0.15, 0.2) is 40.4 Å². The third-order valence-electron chi connectivity index (χ3n) is 2.42. The number of aliphatic imine (C=N–C) groups is 1. The second-order valence-corrected chi connectivity index (χ2v) is 4.67. The molecule has 1 heterocycles. The molecule has 1 aliphatic heterocycles. The summed E-state index contributed by atoms with van der Waals surface area (Å²) in [5.41, 5.74) is 0.452. The topological polar surface area (TPSA) is 52.8 Å². The Morgan fingerprint density at radius 3 is 2.89 bits per heavy atom. The Morgan fingerprint density at radius 2 is 2.22 bits per heavy atom. The highest BCUT2D eigenvalue weighted by Gasteiger charge is 2.16. The summed E-state index contributed by atoms with van der Waals surface area (Å²) < 4.78 is 5.13. The highest BCUT2D eigenvalue weighted by atomic mass is 32.2. The number of hydrogen-bond acceptors (Lipinski definition) is 3. The minimum absolute atomic E-state index is 0.329. The number of para-hydroxylation sites is 1. The monoisotopic (exact) mass is 261 g/mol. The zero-order chi connectivity index (χ0) is 13.0. The lowest BCUT2D eigenvalue weighted by Crippen LogP contribution is -2.06. The van der Waals surface area contributed by atoms with Gasteiger partial charge in [-0.3, -0.25) is 4.79 Å². The van der Waals surface area contributed by atoms with Gasteiger partial charge in [-0.25, -0.2) is 5.32 Å². The number of benzene rings is 1. The van der Waals surface area contributed by atoms with E-state index in [1.807, 2.05) is 13.0 Å². The lowest BCUT2D eigenvalue weighted by atomic mass is 10.2. The van der Waals surface area contributed by atoms with E-state index >= 15 is 0 Å². The molecule has 0 bridgehead atoms. The number of hydrogen-bond donors (Lipinski definition) is 0. The molecule has 4 nitrogen and oxygen atoms in total. The maximum Gasteiger partial charge on any atom is 0.283 e. The van der Waals surface area contributed by atoms with Crippen LogP contribution >= 0.6 is 11.8 Å². The second kappa shape index (κ2) is 5.73. The second-order valence-electron chi connectivity index (χ2n) is 3.58. The number of ether oxygens (including phenoxy) is 1.